The van der Waals surface area contributed by atoms with Crippen molar-refractivity contribution < 1.29 is 4.79 Å². The number of nitrogens with one attached hydrogen (secondary N) is 1. The van der Waals surface area contributed by atoms with E-state index in [0.717, 1.165) is 42.9 Å². The lowest BCUT2D eigenvalue weighted by molar-refractivity contribution is -0.0204. The van der Waals surface area contributed by atoms with Gasteiger partial charge in [-0.15, -0.1) is 0 Å². The second kappa shape index (κ2) is 5.60. The molecule has 0 aliphatic heterocycles. The molecule has 0 radical (unpaired) electrons. The summed E-state index contributed by atoms with van der Waals surface area (Å²) in [5.74, 6) is 4.12. The number of aromatic nitrogens is 2. The molecule has 4 atom stereocenters. The van der Waals surface area contributed by atoms with Crippen LogP contribution in [0.4, 0.5) is 0 Å². The summed E-state index contributed by atoms with van der Waals surface area (Å²) in [5.41, 5.74) is 1.31. The van der Waals surface area contributed by atoms with Gasteiger partial charge < -0.3 is 4.98 Å². The standard InChI is InChI=1S/C24H30Br2N2O/c25-23-7-14-1-15(8-23)4-21(3-14,12-23)18-11-27-20(28-18)19(29)22-5-16-2-17(6-22)10-24(26,9-16)13-22/h11,14-17H,1-10,12-13H2,(H,27,28)/t14-,15-,16-,17-,21?,22?,23?,24?/m1/s1. The molecule has 8 aliphatic rings. The highest BCUT2D eigenvalue weighted by Gasteiger charge is 2.61. The van der Waals surface area contributed by atoms with Gasteiger partial charge in [-0.3, -0.25) is 4.79 Å². The van der Waals surface area contributed by atoms with Gasteiger partial charge in [0.1, 0.15) is 0 Å². The largest absolute Gasteiger partial charge is 0.339 e. The van der Waals surface area contributed by atoms with Crippen molar-refractivity contribution in [1.82, 2.24) is 9.97 Å². The van der Waals surface area contributed by atoms with Gasteiger partial charge in [-0.25, -0.2) is 4.98 Å². The topological polar surface area (TPSA) is 45.8 Å². The number of hydrogen-bond acceptors (Lipinski definition) is 2. The molecule has 3 nitrogen and oxygen atoms in total. The highest BCUT2D eigenvalue weighted by molar-refractivity contribution is 9.10. The monoisotopic (exact) mass is 520 g/mol. The molecule has 156 valence electrons. The maximum atomic E-state index is 13.8. The van der Waals surface area contributed by atoms with Crippen molar-refractivity contribution >= 4 is 37.6 Å². The second-order valence-corrected chi connectivity index (χ2v) is 15.6. The Balaban J connectivity index is 1.22. The van der Waals surface area contributed by atoms with Crippen molar-refractivity contribution in [3.8, 4) is 0 Å². The van der Waals surface area contributed by atoms with E-state index < -0.39 is 0 Å². The van der Waals surface area contributed by atoms with Gasteiger partial charge in [0.15, 0.2) is 5.82 Å². The Morgan fingerprint density at radius 1 is 0.862 bits per heavy atom. The maximum absolute atomic E-state index is 13.8. The number of H-pyrrole nitrogens is 1. The SMILES string of the molecule is O=C(c1ncc(C23C[C@H]4C[C@@H](CC(Br)(C4)C2)C3)[nH]1)C12C[C@H]3C[C@@H](CC(Br)(C3)C1)C2. The van der Waals surface area contributed by atoms with E-state index in [2.05, 4.69) is 36.8 Å². The average Bonchev–Trinajstić information content (AvgIpc) is 3.07. The van der Waals surface area contributed by atoms with Gasteiger partial charge in [0, 0.05) is 31.4 Å². The second-order valence-electron chi connectivity index (χ2n) is 12.3. The van der Waals surface area contributed by atoms with Crippen molar-refractivity contribution in [2.24, 2.45) is 29.1 Å². The van der Waals surface area contributed by atoms with Crippen molar-refractivity contribution in [3.63, 3.8) is 0 Å². The van der Waals surface area contributed by atoms with Crippen LogP contribution in [0.1, 0.15) is 93.4 Å². The van der Waals surface area contributed by atoms with Crippen LogP contribution >= 0.6 is 31.9 Å². The minimum absolute atomic E-state index is 0.166. The molecule has 8 saturated carbocycles. The lowest BCUT2D eigenvalue weighted by atomic mass is 9.48. The van der Waals surface area contributed by atoms with Gasteiger partial charge in [0.2, 0.25) is 5.78 Å². The first-order valence-electron chi connectivity index (χ1n) is 11.7. The molecular weight excluding hydrogens is 492 g/mol. The summed E-state index contributed by atoms with van der Waals surface area (Å²) < 4.78 is 0.541. The number of Topliss-reactive ketones (excluding diaryl/α,β-unsaturated/α-hetero) is 1. The molecule has 1 N–H and O–H groups in total. The number of hydrogen-bond donors (Lipinski definition) is 1. The number of nitrogens with zero attached hydrogens (tertiary/aromatic N) is 1. The number of halogens is 2. The van der Waals surface area contributed by atoms with Crippen LogP contribution in [0.5, 0.6) is 0 Å². The lowest BCUT2D eigenvalue weighted by Gasteiger charge is -2.60. The van der Waals surface area contributed by atoms with Crippen molar-refractivity contribution in [2.45, 2.75) is 91.1 Å². The van der Waals surface area contributed by atoms with Crippen LogP contribution < -0.4 is 0 Å². The molecule has 8 fully saturated rings. The van der Waals surface area contributed by atoms with Gasteiger partial charge in [0.25, 0.3) is 0 Å². The summed E-state index contributed by atoms with van der Waals surface area (Å²) in [7, 11) is 0. The molecular formula is C24H30Br2N2O. The smallest absolute Gasteiger partial charge is 0.204 e. The summed E-state index contributed by atoms with van der Waals surface area (Å²) in [6, 6.07) is 0. The Morgan fingerprint density at radius 3 is 1.97 bits per heavy atom. The zero-order valence-corrected chi connectivity index (χ0v) is 20.2. The molecule has 0 unspecified atom stereocenters. The summed E-state index contributed by atoms with van der Waals surface area (Å²) in [6.45, 7) is 0. The Morgan fingerprint density at radius 2 is 1.41 bits per heavy atom. The molecule has 1 aromatic heterocycles. The Labute approximate surface area is 189 Å². The van der Waals surface area contributed by atoms with Crippen LogP contribution in [-0.2, 0) is 5.41 Å². The third kappa shape index (κ3) is 2.58. The van der Waals surface area contributed by atoms with E-state index in [1.165, 1.54) is 63.5 Å². The zero-order chi connectivity index (χ0) is 19.6. The summed E-state index contributed by atoms with van der Waals surface area (Å²) in [5, 5.41) is 0. The highest BCUT2D eigenvalue weighted by Crippen LogP contribution is 2.66. The molecule has 0 saturated heterocycles. The highest BCUT2D eigenvalue weighted by atomic mass is 79.9. The maximum Gasteiger partial charge on any atom is 0.204 e. The third-order valence-corrected chi connectivity index (χ3v) is 11.7. The van der Waals surface area contributed by atoms with Gasteiger partial charge in [-0.2, -0.15) is 0 Å². The molecule has 8 aliphatic carbocycles. The van der Waals surface area contributed by atoms with E-state index in [0.29, 0.717) is 15.9 Å². The van der Waals surface area contributed by atoms with Crippen molar-refractivity contribution in [3.05, 3.63) is 17.7 Å². The zero-order valence-electron chi connectivity index (χ0n) is 17.0. The fourth-order valence-corrected chi connectivity index (χ4v) is 12.7. The van der Waals surface area contributed by atoms with Crippen LogP contribution in [0.2, 0.25) is 0 Å². The van der Waals surface area contributed by atoms with E-state index in [9.17, 15) is 4.79 Å². The molecule has 8 bridgehead atoms. The van der Waals surface area contributed by atoms with Crippen LogP contribution in [0, 0.1) is 29.1 Å². The van der Waals surface area contributed by atoms with Gasteiger partial charge in [-0.05, 0) is 101 Å². The number of carbonyl (C=O) groups is 1. The van der Waals surface area contributed by atoms with Crippen molar-refractivity contribution in [2.75, 3.05) is 0 Å². The number of alkyl halides is 2. The van der Waals surface area contributed by atoms with E-state index in [1.807, 2.05) is 6.20 Å². The number of imidazole rings is 1. The Kier molecular flexibility index (Phi) is 3.56. The molecule has 0 spiro atoms. The summed E-state index contributed by atoms with van der Waals surface area (Å²) in [6.07, 6.45) is 17.0. The normalized spacial score (nSPS) is 54.3. The molecule has 1 heterocycles. The molecule has 5 heteroatoms. The number of ketones is 1. The molecule has 0 amide bonds. The Hall–Kier alpha value is -0.160. The third-order valence-electron chi connectivity index (χ3n) is 9.82. The Bertz CT molecular complexity index is 878. The summed E-state index contributed by atoms with van der Waals surface area (Å²) >= 11 is 8.20. The minimum atomic E-state index is -0.166. The van der Waals surface area contributed by atoms with Gasteiger partial charge in [-0.1, -0.05) is 31.9 Å². The predicted molar refractivity (Wildman–Crippen MR) is 120 cm³/mol. The number of rotatable bonds is 3. The van der Waals surface area contributed by atoms with Crippen LogP contribution in [0.3, 0.4) is 0 Å². The first-order valence-corrected chi connectivity index (χ1v) is 13.3. The van der Waals surface area contributed by atoms with E-state index in [-0.39, 0.29) is 15.2 Å². The molecule has 29 heavy (non-hydrogen) atoms. The fraction of sp³-hybridized carbons (Fsp3) is 0.833. The molecule has 0 aromatic carbocycles. The van der Waals surface area contributed by atoms with E-state index >= 15 is 0 Å². The number of aromatic amines is 1. The quantitative estimate of drug-likeness (QED) is 0.374. The lowest BCUT2D eigenvalue weighted by Crippen LogP contribution is -2.56. The van der Waals surface area contributed by atoms with Crippen LogP contribution in [-0.4, -0.2) is 24.4 Å². The van der Waals surface area contributed by atoms with Crippen molar-refractivity contribution in [1.29, 1.82) is 0 Å². The van der Waals surface area contributed by atoms with Gasteiger partial charge >= 0.3 is 0 Å². The number of carbonyl (C=O) groups excluding carboxylic acids is 1. The predicted octanol–water partition coefficient (Wildman–Crippen LogP) is 6.31. The first kappa shape index (κ1) is 18.4. The fourth-order valence-electron chi connectivity index (χ4n) is 9.84. The minimum Gasteiger partial charge on any atom is -0.339 e. The summed E-state index contributed by atoms with van der Waals surface area (Å²) in [4.78, 5) is 22.2. The average molecular weight is 522 g/mol. The van der Waals surface area contributed by atoms with Crippen LogP contribution in [0.25, 0.3) is 0 Å². The first-order chi connectivity index (χ1) is 13.8. The molecule has 9 rings (SSSR count). The van der Waals surface area contributed by atoms with E-state index in [1.54, 1.807) is 0 Å². The van der Waals surface area contributed by atoms with E-state index in [4.69, 9.17) is 4.98 Å². The van der Waals surface area contributed by atoms with Gasteiger partial charge in [0.05, 0.1) is 0 Å². The molecule has 1 aromatic rings. The van der Waals surface area contributed by atoms with Crippen LogP contribution in [0.15, 0.2) is 6.20 Å².